The molecule has 1 aromatic carbocycles. The highest BCUT2D eigenvalue weighted by atomic mass is 32.2. The second-order valence-corrected chi connectivity index (χ2v) is 5.81. The molecule has 108 valence electrons. The van der Waals surface area contributed by atoms with Crippen LogP contribution in [-0.4, -0.2) is 25.5 Å². The largest absolute Gasteiger partial charge is 0.480 e. The molecule has 0 radical (unpaired) electrons. The monoisotopic (exact) mass is 301 g/mol. The third-order valence-corrected chi connectivity index (χ3v) is 4.05. The summed E-state index contributed by atoms with van der Waals surface area (Å²) >= 11 is 0. The lowest BCUT2D eigenvalue weighted by Gasteiger charge is -2.10. The molecule has 0 aliphatic heterocycles. The predicted octanol–water partition coefficient (Wildman–Crippen LogP) is 1.71. The average Bonchev–Trinajstić information content (AvgIpc) is 2.79. The molecule has 20 heavy (non-hydrogen) atoms. The number of carboxylic acids is 1. The Morgan fingerprint density at radius 3 is 2.75 bits per heavy atom. The van der Waals surface area contributed by atoms with E-state index in [9.17, 15) is 17.6 Å². The molecule has 0 spiro atoms. The van der Waals surface area contributed by atoms with Crippen molar-refractivity contribution in [2.75, 3.05) is 0 Å². The molecular formula is C12H12FNO5S. The normalized spacial score (nSPS) is 13.5. The van der Waals surface area contributed by atoms with Crippen LogP contribution >= 0.6 is 0 Å². The van der Waals surface area contributed by atoms with Gasteiger partial charge in [0.1, 0.15) is 17.4 Å². The molecule has 0 saturated heterocycles. The maximum atomic E-state index is 13.0. The molecule has 8 heteroatoms. The van der Waals surface area contributed by atoms with Crippen LogP contribution in [0.1, 0.15) is 13.3 Å². The summed E-state index contributed by atoms with van der Waals surface area (Å²) in [5, 5.41) is 8.69. The Balaban J connectivity index is 2.38. The van der Waals surface area contributed by atoms with Crippen molar-refractivity contribution in [2.24, 2.45) is 0 Å². The number of furan rings is 1. The van der Waals surface area contributed by atoms with E-state index in [1.807, 2.05) is 4.72 Å². The molecule has 2 N–H and O–H groups in total. The van der Waals surface area contributed by atoms with Crippen LogP contribution in [0.25, 0.3) is 11.0 Å². The number of carboxylic acid groups (broad SMARTS) is 1. The van der Waals surface area contributed by atoms with Gasteiger partial charge >= 0.3 is 5.97 Å². The molecule has 6 nitrogen and oxygen atoms in total. The van der Waals surface area contributed by atoms with Gasteiger partial charge in [-0.2, -0.15) is 4.72 Å². The summed E-state index contributed by atoms with van der Waals surface area (Å²) < 4.78 is 44.1. The highest BCUT2D eigenvalue weighted by Crippen LogP contribution is 2.23. The number of hydrogen-bond acceptors (Lipinski definition) is 4. The molecule has 1 aromatic heterocycles. The average molecular weight is 301 g/mol. The number of halogens is 1. The number of sulfonamides is 1. The smallest absolute Gasteiger partial charge is 0.321 e. The third kappa shape index (κ3) is 2.81. The predicted molar refractivity (Wildman–Crippen MR) is 68.2 cm³/mol. The van der Waals surface area contributed by atoms with Crippen molar-refractivity contribution < 1.29 is 27.1 Å². The molecule has 1 heterocycles. The summed E-state index contributed by atoms with van der Waals surface area (Å²) in [7, 11) is -4.11. The Hall–Kier alpha value is -1.93. The minimum atomic E-state index is -4.11. The van der Waals surface area contributed by atoms with Gasteiger partial charge in [-0.25, -0.2) is 12.8 Å². The van der Waals surface area contributed by atoms with Gasteiger partial charge in [-0.3, -0.25) is 4.79 Å². The van der Waals surface area contributed by atoms with Crippen molar-refractivity contribution in [1.82, 2.24) is 4.72 Å². The Labute approximate surface area is 114 Å². The van der Waals surface area contributed by atoms with Crippen LogP contribution in [-0.2, 0) is 14.8 Å². The van der Waals surface area contributed by atoms with Crippen LogP contribution in [0.3, 0.4) is 0 Å². The lowest BCUT2D eigenvalue weighted by atomic mass is 10.2. The number of carbonyl (C=O) groups is 1. The summed E-state index contributed by atoms with van der Waals surface area (Å²) in [5.74, 6) is -1.80. The molecule has 0 bridgehead atoms. The van der Waals surface area contributed by atoms with Crippen molar-refractivity contribution >= 4 is 27.0 Å². The van der Waals surface area contributed by atoms with E-state index in [1.165, 1.54) is 13.0 Å². The fraction of sp³-hybridized carbons (Fsp3) is 0.250. The molecule has 0 fully saturated rings. The second-order valence-electron chi connectivity index (χ2n) is 4.17. The highest BCUT2D eigenvalue weighted by Gasteiger charge is 2.26. The summed E-state index contributed by atoms with van der Waals surface area (Å²) in [6.45, 7) is 1.54. The van der Waals surface area contributed by atoms with Gasteiger partial charge in [0.05, 0.1) is 0 Å². The molecule has 0 amide bonds. The van der Waals surface area contributed by atoms with Crippen molar-refractivity contribution in [1.29, 1.82) is 0 Å². The number of rotatable bonds is 5. The van der Waals surface area contributed by atoms with Crippen molar-refractivity contribution in [3.63, 3.8) is 0 Å². The Morgan fingerprint density at radius 2 is 2.15 bits per heavy atom. The molecule has 1 atom stereocenters. The fourth-order valence-corrected chi connectivity index (χ4v) is 2.92. The first-order valence-corrected chi connectivity index (χ1v) is 7.26. The van der Waals surface area contributed by atoms with E-state index in [2.05, 4.69) is 0 Å². The fourth-order valence-electron chi connectivity index (χ4n) is 1.68. The van der Waals surface area contributed by atoms with Crippen molar-refractivity contribution in [3.8, 4) is 0 Å². The summed E-state index contributed by atoms with van der Waals surface area (Å²) in [6, 6.07) is 3.48. The topological polar surface area (TPSA) is 96.6 Å². The molecule has 2 rings (SSSR count). The van der Waals surface area contributed by atoms with Crippen molar-refractivity contribution in [2.45, 2.75) is 24.5 Å². The Morgan fingerprint density at radius 1 is 1.45 bits per heavy atom. The third-order valence-electron chi connectivity index (χ3n) is 2.72. The maximum Gasteiger partial charge on any atom is 0.321 e. The Bertz CT molecular complexity index is 752. The minimum absolute atomic E-state index is 0.0867. The van der Waals surface area contributed by atoms with Gasteiger partial charge in [0.25, 0.3) is 10.0 Å². The highest BCUT2D eigenvalue weighted by molar-refractivity contribution is 7.89. The summed E-state index contributed by atoms with van der Waals surface area (Å²) in [6.07, 6.45) is 0.0867. The van der Waals surface area contributed by atoms with Crippen LogP contribution in [0, 0.1) is 5.82 Å². The van der Waals surface area contributed by atoms with Gasteiger partial charge in [0.15, 0.2) is 0 Å². The first kappa shape index (κ1) is 14.5. The number of nitrogens with one attached hydrogen (secondary N) is 1. The van der Waals surface area contributed by atoms with E-state index in [0.717, 1.165) is 18.2 Å². The molecular weight excluding hydrogens is 289 g/mol. The second kappa shape index (κ2) is 5.22. The van der Waals surface area contributed by atoms with Gasteiger partial charge in [-0.15, -0.1) is 0 Å². The number of fused-ring (bicyclic) bond motifs is 1. The van der Waals surface area contributed by atoms with Gasteiger partial charge in [-0.05, 0) is 24.6 Å². The number of benzene rings is 1. The molecule has 0 saturated carbocycles. The van der Waals surface area contributed by atoms with E-state index in [0.29, 0.717) is 0 Å². The Kier molecular flexibility index (Phi) is 3.78. The maximum absolute atomic E-state index is 13.0. The minimum Gasteiger partial charge on any atom is -0.480 e. The first-order valence-electron chi connectivity index (χ1n) is 5.77. The standard InChI is InChI=1S/C12H12FNO5S/c1-2-9(12(15)16)14-20(17,18)11-6-7-5-8(13)3-4-10(7)19-11/h3-6,9,14H,2H2,1H3,(H,15,16)/t9-/m0/s1. The summed E-state index contributed by atoms with van der Waals surface area (Å²) in [4.78, 5) is 10.8. The SMILES string of the molecule is CC[C@H](NS(=O)(=O)c1cc2cc(F)ccc2o1)C(=O)O. The van der Waals surface area contributed by atoms with Crippen LogP contribution in [0.5, 0.6) is 0 Å². The number of aliphatic carboxylic acids is 1. The van der Waals surface area contributed by atoms with E-state index in [4.69, 9.17) is 9.52 Å². The van der Waals surface area contributed by atoms with Gasteiger partial charge in [0.2, 0.25) is 5.09 Å². The van der Waals surface area contributed by atoms with Gasteiger partial charge < -0.3 is 9.52 Å². The zero-order valence-corrected chi connectivity index (χ0v) is 11.3. The van der Waals surface area contributed by atoms with Gasteiger partial charge in [0, 0.05) is 11.5 Å². The van der Waals surface area contributed by atoms with Gasteiger partial charge in [-0.1, -0.05) is 6.92 Å². The quantitative estimate of drug-likeness (QED) is 0.876. The number of hydrogen-bond donors (Lipinski definition) is 2. The zero-order chi connectivity index (χ0) is 14.9. The van der Waals surface area contributed by atoms with E-state index < -0.39 is 32.9 Å². The molecule has 2 aromatic rings. The van der Waals surface area contributed by atoms with Crippen LogP contribution < -0.4 is 4.72 Å². The first-order chi connectivity index (χ1) is 9.33. The lowest BCUT2D eigenvalue weighted by molar-refractivity contribution is -0.139. The van der Waals surface area contributed by atoms with E-state index >= 15 is 0 Å². The molecule has 0 aliphatic rings. The zero-order valence-electron chi connectivity index (χ0n) is 10.5. The van der Waals surface area contributed by atoms with E-state index in [1.54, 1.807) is 0 Å². The van der Waals surface area contributed by atoms with Crippen molar-refractivity contribution in [3.05, 3.63) is 30.1 Å². The van der Waals surface area contributed by atoms with Crippen LogP contribution in [0.4, 0.5) is 4.39 Å². The summed E-state index contributed by atoms with van der Waals surface area (Å²) in [5.41, 5.74) is 0.204. The molecule has 0 aliphatic carbocycles. The van der Waals surface area contributed by atoms with E-state index in [-0.39, 0.29) is 17.4 Å². The lowest BCUT2D eigenvalue weighted by Crippen LogP contribution is -2.40. The van der Waals surface area contributed by atoms with Crippen LogP contribution in [0.2, 0.25) is 0 Å². The molecule has 0 unspecified atom stereocenters. The van der Waals surface area contributed by atoms with Crippen LogP contribution in [0.15, 0.2) is 33.8 Å².